The summed E-state index contributed by atoms with van der Waals surface area (Å²) in [7, 11) is 1.35. The van der Waals surface area contributed by atoms with Gasteiger partial charge in [-0.25, -0.2) is 4.79 Å². The molecular weight excluding hydrogens is 234 g/mol. The Morgan fingerprint density at radius 1 is 1.61 bits per heavy atom. The average Bonchev–Trinajstić information content (AvgIpc) is 2.98. The first-order chi connectivity index (χ1) is 8.69. The van der Waals surface area contributed by atoms with E-state index in [-0.39, 0.29) is 12.1 Å². The predicted octanol–water partition coefficient (Wildman–Crippen LogP) is 1.32. The van der Waals surface area contributed by atoms with Gasteiger partial charge in [-0.1, -0.05) is 0 Å². The van der Waals surface area contributed by atoms with Gasteiger partial charge in [-0.3, -0.25) is 0 Å². The van der Waals surface area contributed by atoms with Crippen LogP contribution in [0.1, 0.15) is 35.4 Å². The summed E-state index contributed by atoms with van der Waals surface area (Å²) in [6.45, 7) is 1.45. The quantitative estimate of drug-likeness (QED) is 0.774. The lowest BCUT2D eigenvalue weighted by Crippen LogP contribution is -2.21. The van der Waals surface area contributed by atoms with E-state index in [1.54, 1.807) is 6.07 Å². The van der Waals surface area contributed by atoms with Crippen LogP contribution in [0.2, 0.25) is 0 Å². The second-order valence-electron chi connectivity index (χ2n) is 4.76. The molecule has 0 aromatic carbocycles. The molecule has 5 nitrogen and oxygen atoms in total. The normalized spacial score (nSPS) is 23.2. The van der Waals surface area contributed by atoms with Crippen molar-refractivity contribution in [2.24, 2.45) is 5.92 Å². The van der Waals surface area contributed by atoms with Crippen molar-refractivity contribution in [3.8, 4) is 0 Å². The third-order valence-electron chi connectivity index (χ3n) is 3.32. The largest absolute Gasteiger partial charge is 0.467 e. The summed E-state index contributed by atoms with van der Waals surface area (Å²) >= 11 is 0. The molecule has 1 heterocycles. The number of carbonyl (C=O) groups excluding carboxylic acids is 1. The second-order valence-corrected chi connectivity index (χ2v) is 4.76. The van der Waals surface area contributed by atoms with E-state index in [1.807, 2.05) is 0 Å². The molecule has 0 bridgehead atoms. The Bertz CT molecular complexity index is 401. The van der Waals surface area contributed by atoms with E-state index in [0.717, 1.165) is 25.8 Å². The molecule has 0 radical (unpaired) electrons. The first-order valence-corrected chi connectivity index (χ1v) is 6.23. The minimum atomic E-state index is -0.385. The molecule has 1 fully saturated rings. The van der Waals surface area contributed by atoms with E-state index in [1.165, 1.54) is 13.4 Å². The summed E-state index contributed by atoms with van der Waals surface area (Å²) in [5, 5.41) is 12.7. The van der Waals surface area contributed by atoms with Crippen molar-refractivity contribution in [3.63, 3.8) is 0 Å². The van der Waals surface area contributed by atoms with Gasteiger partial charge in [-0.2, -0.15) is 0 Å². The second kappa shape index (κ2) is 6.02. The van der Waals surface area contributed by atoms with Crippen LogP contribution in [0.5, 0.6) is 0 Å². The highest BCUT2D eigenvalue weighted by Crippen LogP contribution is 2.24. The number of hydrogen-bond donors (Lipinski definition) is 2. The fourth-order valence-electron chi connectivity index (χ4n) is 2.33. The summed E-state index contributed by atoms with van der Waals surface area (Å²) in [5.41, 5.74) is 0.436. The molecular formula is C13H19NO4. The maximum absolute atomic E-state index is 11.2. The van der Waals surface area contributed by atoms with Crippen molar-refractivity contribution in [2.45, 2.75) is 31.9 Å². The molecule has 18 heavy (non-hydrogen) atoms. The summed E-state index contributed by atoms with van der Waals surface area (Å²) in [6.07, 6.45) is 4.12. The lowest BCUT2D eigenvalue weighted by atomic mass is 10.1. The molecule has 2 rings (SSSR count). The lowest BCUT2D eigenvalue weighted by Gasteiger charge is -2.09. The number of methoxy groups -OCH3 is 1. The summed E-state index contributed by atoms with van der Waals surface area (Å²) in [4.78, 5) is 11.2. The predicted molar refractivity (Wildman–Crippen MR) is 65.1 cm³/mol. The van der Waals surface area contributed by atoms with Gasteiger partial charge in [0.2, 0.25) is 0 Å². The van der Waals surface area contributed by atoms with Gasteiger partial charge in [-0.15, -0.1) is 0 Å². The Balaban J connectivity index is 1.73. The molecule has 5 heteroatoms. The number of furan rings is 1. The first-order valence-electron chi connectivity index (χ1n) is 6.23. The molecule has 0 amide bonds. The number of nitrogens with one attached hydrogen (secondary N) is 1. The smallest absolute Gasteiger partial charge is 0.341 e. The number of carbonyl (C=O) groups is 1. The van der Waals surface area contributed by atoms with Crippen LogP contribution in [0.25, 0.3) is 0 Å². The monoisotopic (exact) mass is 253 g/mol. The zero-order chi connectivity index (χ0) is 13.0. The van der Waals surface area contributed by atoms with Crippen molar-refractivity contribution in [1.82, 2.24) is 5.32 Å². The van der Waals surface area contributed by atoms with Gasteiger partial charge in [0.15, 0.2) is 0 Å². The molecule has 1 aromatic rings. The highest BCUT2D eigenvalue weighted by Gasteiger charge is 2.22. The number of rotatable bonds is 5. The van der Waals surface area contributed by atoms with Crippen LogP contribution >= 0.6 is 0 Å². The van der Waals surface area contributed by atoms with Crippen LogP contribution in [-0.2, 0) is 11.3 Å². The number of esters is 1. The van der Waals surface area contributed by atoms with E-state index in [4.69, 9.17) is 4.42 Å². The van der Waals surface area contributed by atoms with Crippen molar-refractivity contribution >= 4 is 5.97 Å². The third kappa shape index (κ3) is 3.34. The van der Waals surface area contributed by atoms with Crippen LogP contribution in [0.15, 0.2) is 16.7 Å². The minimum absolute atomic E-state index is 0.133. The Kier molecular flexibility index (Phi) is 4.38. The fraction of sp³-hybridized carbons (Fsp3) is 0.615. The molecule has 1 saturated carbocycles. The van der Waals surface area contributed by atoms with Crippen LogP contribution in [0.4, 0.5) is 0 Å². The summed E-state index contributed by atoms with van der Waals surface area (Å²) in [6, 6.07) is 1.68. The van der Waals surface area contributed by atoms with Gasteiger partial charge >= 0.3 is 5.97 Å². The van der Waals surface area contributed by atoms with Gasteiger partial charge in [0, 0.05) is 0 Å². The first kappa shape index (κ1) is 13.1. The van der Waals surface area contributed by atoms with Gasteiger partial charge in [-0.05, 0) is 37.8 Å². The van der Waals surface area contributed by atoms with Gasteiger partial charge < -0.3 is 19.6 Å². The molecule has 0 saturated heterocycles. The zero-order valence-electron chi connectivity index (χ0n) is 10.5. The Labute approximate surface area is 106 Å². The third-order valence-corrected chi connectivity index (χ3v) is 3.32. The Morgan fingerprint density at radius 2 is 2.44 bits per heavy atom. The van der Waals surface area contributed by atoms with Crippen LogP contribution < -0.4 is 5.32 Å². The van der Waals surface area contributed by atoms with Gasteiger partial charge in [0.05, 0.1) is 25.3 Å². The molecule has 0 aliphatic heterocycles. The van der Waals surface area contributed by atoms with E-state index >= 15 is 0 Å². The molecule has 2 unspecified atom stereocenters. The fourth-order valence-corrected chi connectivity index (χ4v) is 2.33. The van der Waals surface area contributed by atoms with Crippen molar-refractivity contribution in [2.75, 3.05) is 13.7 Å². The Hall–Kier alpha value is -1.33. The number of hydrogen-bond acceptors (Lipinski definition) is 5. The van der Waals surface area contributed by atoms with Crippen LogP contribution in [-0.4, -0.2) is 30.8 Å². The highest BCUT2D eigenvalue weighted by atomic mass is 16.5. The van der Waals surface area contributed by atoms with E-state index in [2.05, 4.69) is 10.1 Å². The van der Waals surface area contributed by atoms with Crippen LogP contribution in [0, 0.1) is 5.92 Å². The molecule has 1 aliphatic rings. The maximum atomic E-state index is 11.2. The Morgan fingerprint density at radius 3 is 3.11 bits per heavy atom. The molecule has 2 atom stereocenters. The zero-order valence-corrected chi connectivity index (χ0v) is 10.5. The van der Waals surface area contributed by atoms with Gasteiger partial charge in [0.25, 0.3) is 0 Å². The summed E-state index contributed by atoms with van der Waals surface area (Å²) < 4.78 is 9.86. The highest BCUT2D eigenvalue weighted by molar-refractivity contribution is 5.88. The molecule has 1 aliphatic carbocycles. The molecule has 2 N–H and O–H groups in total. The van der Waals surface area contributed by atoms with Crippen LogP contribution in [0.3, 0.4) is 0 Å². The number of ether oxygens (including phenoxy) is 1. The molecule has 0 spiro atoms. The molecule has 1 aromatic heterocycles. The minimum Gasteiger partial charge on any atom is -0.467 e. The standard InChI is InChI=1S/C13H19NO4/c1-17-13(16)10-5-12(18-8-10)7-14-6-9-2-3-11(15)4-9/h5,8-9,11,14-15H,2-4,6-7H2,1H3. The number of aliphatic hydroxyl groups excluding tert-OH is 1. The topological polar surface area (TPSA) is 71.7 Å². The van der Waals surface area contributed by atoms with Crippen molar-refractivity contribution in [1.29, 1.82) is 0 Å². The SMILES string of the molecule is COC(=O)c1coc(CNCC2CCC(O)C2)c1. The maximum Gasteiger partial charge on any atom is 0.341 e. The van der Waals surface area contributed by atoms with Crippen molar-refractivity contribution in [3.05, 3.63) is 23.7 Å². The molecule has 100 valence electrons. The van der Waals surface area contributed by atoms with Gasteiger partial charge in [0.1, 0.15) is 12.0 Å². The average molecular weight is 253 g/mol. The summed E-state index contributed by atoms with van der Waals surface area (Å²) in [5.74, 6) is 0.868. The van der Waals surface area contributed by atoms with E-state index in [9.17, 15) is 9.90 Å². The van der Waals surface area contributed by atoms with E-state index < -0.39 is 0 Å². The van der Waals surface area contributed by atoms with E-state index in [0.29, 0.717) is 23.8 Å². The lowest BCUT2D eigenvalue weighted by molar-refractivity contribution is 0.0600. The van der Waals surface area contributed by atoms with Crippen molar-refractivity contribution < 1.29 is 19.1 Å². The number of aliphatic hydroxyl groups is 1.